The van der Waals surface area contributed by atoms with Crippen LogP contribution in [0.4, 0.5) is 13.2 Å². The first kappa shape index (κ1) is 17.1. The van der Waals surface area contributed by atoms with Gasteiger partial charge in [0.1, 0.15) is 5.01 Å². The largest absolute Gasteiger partial charge is 0.416 e. The molecule has 1 amide bonds. The van der Waals surface area contributed by atoms with Gasteiger partial charge in [-0.3, -0.25) is 9.78 Å². The van der Waals surface area contributed by atoms with E-state index in [0.717, 1.165) is 35.5 Å². The van der Waals surface area contributed by atoms with Gasteiger partial charge in [0.15, 0.2) is 0 Å². The molecular weight excluding hydrogens is 351 g/mol. The van der Waals surface area contributed by atoms with Gasteiger partial charge in [0.25, 0.3) is 5.91 Å². The zero-order chi connectivity index (χ0) is 17.9. The molecule has 2 heterocycles. The minimum atomic E-state index is -4.42. The van der Waals surface area contributed by atoms with E-state index in [1.54, 1.807) is 12.4 Å². The molecule has 1 aromatic carbocycles. The van der Waals surface area contributed by atoms with Crippen molar-refractivity contribution in [2.45, 2.75) is 12.7 Å². The van der Waals surface area contributed by atoms with Crippen molar-refractivity contribution in [3.05, 3.63) is 70.3 Å². The minimum Gasteiger partial charge on any atom is -0.346 e. The van der Waals surface area contributed by atoms with Crippen LogP contribution in [-0.2, 0) is 12.7 Å². The van der Waals surface area contributed by atoms with E-state index >= 15 is 0 Å². The molecule has 0 unspecified atom stereocenters. The number of nitrogens with zero attached hydrogens (tertiary/aromatic N) is 2. The normalized spacial score (nSPS) is 11.3. The lowest BCUT2D eigenvalue weighted by molar-refractivity contribution is -0.137. The van der Waals surface area contributed by atoms with Gasteiger partial charge < -0.3 is 5.32 Å². The smallest absolute Gasteiger partial charge is 0.346 e. The number of aromatic nitrogens is 2. The number of nitrogens with one attached hydrogen (secondary N) is 1. The first-order valence-corrected chi connectivity index (χ1v) is 8.12. The molecule has 0 atom stereocenters. The van der Waals surface area contributed by atoms with Crippen molar-refractivity contribution >= 4 is 17.2 Å². The fraction of sp³-hybridized carbons (Fsp3) is 0.118. The highest BCUT2D eigenvalue weighted by molar-refractivity contribution is 7.09. The summed E-state index contributed by atoms with van der Waals surface area (Å²) < 4.78 is 37.6. The lowest BCUT2D eigenvalue weighted by atomic mass is 10.1. The number of hydrogen-bond donors (Lipinski definition) is 1. The third kappa shape index (κ3) is 4.21. The van der Waals surface area contributed by atoms with Crippen LogP contribution >= 0.6 is 11.3 Å². The molecule has 2 aromatic heterocycles. The van der Waals surface area contributed by atoms with Gasteiger partial charge in [-0.1, -0.05) is 0 Å². The highest BCUT2D eigenvalue weighted by Crippen LogP contribution is 2.29. The van der Waals surface area contributed by atoms with Gasteiger partial charge in [0.2, 0.25) is 0 Å². The number of rotatable bonds is 4. The average Bonchev–Trinajstić information content (AvgIpc) is 3.09. The maximum atomic E-state index is 12.5. The van der Waals surface area contributed by atoms with Gasteiger partial charge in [-0.15, -0.1) is 11.3 Å². The number of pyridine rings is 1. The number of carbonyl (C=O) groups is 1. The zero-order valence-electron chi connectivity index (χ0n) is 12.7. The Hall–Kier alpha value is -2.74. The first-order chi connectivity index (χ1) is 11.9. The molecule has 3 rings (SSSR count). The van der Waals surface area contributed by atoms with Gasteiger partial charge in [-0.05, 0) is 36.4 Å². The van der Waals surface area contributed by atoms with Crippen LogP contribution < -0.4 is 5.32 Å². The number of alkyl halides is 3. The molecular formula is C17H12F3N3OS. The average molecular weight is 363 g/mol. The Kier molecular flexibility index (Phi) is 4.80. The first-order valence-electron chi connectivity index (χ1n) is 7.24. The number of amides is 1. The maximum absolute atomic E-state index is 12.5. The van der Waals surface area contributed by atoms with Crippen LogP contribution in [0.15, 0.2) is 54.2 Å². The molecule has 8 heteroatoms. The van der Waals surface area contributed by atoms with Crippen molar-refractivity contribution in [2.75, 3.05) is 0 Å². The third-order valence-electron chi connectivity index (χ3n) is 3.40. The van der Waals surface area contributed by atoms with Crippen LogP contribution in [0.1, 0.15) is 20.9 Å². The molecule has 0 bridgehead atoms. The maximum Gasteiger partial charge on any atom is 0.416 e. The Morgan fingerprint density at radius 1 is 1.08 bits per heavy atom. The van der Waals surface area contributed by atoms with Crippen LogP contribution in [0, 0.1) is 0 Å². The minimum absolute atomic E-state index is 0.166. The van der Waals surface area contributed by atoms with E-state index in [0.29, 0.717) is 5.01 Å². The Morgan fingerprint density at radius 3 is 2.40 bits per heavy atom. The van der Waals surface area contributed by atoms with Gasteiger partial charge in [0.05, 0.1) is 17.8 Å². The van der Waals surface area contributed by atoms with E-state index in [1.807, 2.05) is 17.5 Å². The molecule has 0 aliphatic heterocycles. The van der Waals surface area contributed by atoms with Gasteiger partial charge in [0, 0.05) is 28.9 Å². The molecule has 25 heavy (non-hydrogen) atoms. The Morgan fingerprint density at radius 2 is 1.76 bits per heavy atom. The van der Waals surface area contributed by atoms with E-state index in [2.05, 4.69) is 15.3 Å². The van der Waals surface area contributed by atoms with Crippen molar-refractivity contribution in [3.63, 3.8) is 0 Å². The van der Waals surface area contributed by atoms with Gasteiger partial charge in [-0.25, -0.2) is 4.98 Å². The number of hydrogen-bond acceptors (Lipinski definition) is 4. The summed E-state index contributed by atoms with van der Waals surface area (Å²) in [6, 6.07) is 7.75. The standard InChI is InChI=1S/C17H12F3N3OS/c18-17(19,20)13-3-1-12(2-4-13)16(24)22-9-15-23-14(10-25-15)11-5-7-21-8-6-11/h1-8,10H,9H2,(H,22,24). The second kappa shape index (κ2) is 7.02. The van der Waals surface area contributed by atoms with Gasteiger partial charge in [-0.2, -0.15) is 13.2 Å². The van der Waals surface area contributed by atoms with E-state index in [1.165, 1.54) is 11.3 Å². The Bertz CT molecular complexity index is 861. The van der Waals surface area contributed by atoms with Crippen molar-refractivity contribution < 1.29 is 18.0 Å². The van der Waals surface area contributed by atoms with Crippen LogP contribution in [0.2, 0.25) is 0 Å². The summed E-state index contributed by atoms with van der Waals surface area (Å²) in [5.74, 6) is -0.450. The van der Waals surface area contributed by atoms with Crippen molar-refractivity contribution in [2.24, 2.45) is 0 Å². The molecule has 0 aliphatic carbocycles. The summed E-state index contributed by atoms with van der Waals surface area (Å²) in [6.07, 6.45) is -1.08. The second-order valence-electron chi connectivity index (χ2n) is 5.12. The SMILES string of the molecule is O=C(NCc1nc(-c2ccncc2)cs1)c1ccc(C(F)(F)F)cc1. The van der Waals surface area contributed by atoms with Crippen molar-refractivity contribution in [1.82, 2.24) is 15.3 Å². The Balaban J connectivity index is 1.62. The predicted octanol–water partition coefficient (Wildman–Crippen LogP) is 4.15. The predicted molar refractivity (Wildman–Crippen MR) is 88.0 cm³/mol. The van der Waals surface area contributed by atoms with Crippen LogP contribution in [0.25, 0.3) is 11.3 Å². The lowest BCUT2D eigenvalue weighted by Gasteiger charge is -2.07. The van der Waals surface area contributed by atoms with Crippen LogP contribution in [0.5, 0.6) is 0 Å². The number of thiazole rings is 1. The molecule has 4 nitrogen and oxygen atoms in total. The fourth-order valence-electron chi connectivity index (χ4n) is 2.12. The van der Waals surface area contributed by atoms with Crippen LogP contribution in [-0.4, -0.2) is 15.9 Å². The van der Waals surface area contributed by atoms with Crippen molar-refractivity contribution in [1.29, 1.82) is 0 Å². The lowest BCUT2D eigenvalue weighted by Crippen LogP contribution is -2.22. The van der Waals surface area contributed by atoms with E-state index in [-0.39, 0.29) is 12.1 Å². The van der Waals surface area contributed by atoms with Gasteiger partial charge >= 0.3 is 6.18 Å². The quantitative estimate of drug-likeness (QED) is 0.757. The third-order valence-corrected chi connectivity index (χ3v) is 4.25. The fourth-order valence-corrected chi connectivity index (χ4v) is 2.86. The number of halogens is 3. The van der Waals surface area contributed by atoms with E-state index in [9.17, 15) is 18.0 Å². The highest BCUT2D eigenvalue weighted by atomic mass is 32.1. The number of benzene rings is 1. The highest BCUT2D eigenvalue weighted by Gasteiger charge is 2.30. The zero-order valence-corrected chi connectivity index (χ0v) is 13.6. The van der Waals surface area contributed by atoms with E-state index in [4.69, 9.17) is 0 Å². The molecule has 0 spiro atoms. The summed E-state index contributed by atoms with van der Waals surface area (Å²) in [7, 11) is 0. The molecule has 0 saturated heterocycles. The second-order valence-corrected chi connectivity index (χ2v) is 6.06. The molecule has 128 valence electrons. The summed E-state index contributed by atoms with van der Waals surface area (Å²) in [5.41, 5.74) is 1.09. The molecule has 0 radical (unpaired) electrons. The molecule has 1 N–H and O–H groups in total. The molecule has 0 saturated carbocycles. The van der Waals surface area contributed by atoms with Crippen LogP contribution in [0.3, 0.4) is 0 Å². The molecule has 3 aromatic rings. The molecule has 0 aliphatic rings. The summed E-state index contributed by atoms with van der Waals surface area (Å²) in [6.45, 7) is 0.204. The van der Waals surface area contributed by atoms with Crippen molar-refractivity contribution in [3.8, 4) is 11.3 Å². The Labute approximate surface area is 145 Å². The monoisotopic (exact) mass is 363 g/mol. The topological polar surface area (TPSA) is 54.9 Å². The summed E-state index contributed by atoms with van der Waals surface area (Å²) in [4.78, 5) is 20.4. The van der Waals surface area contributed by atoms with E-state index < -0.39 is 17.6 Å². The molecule has 0 fully saturated rings. The summed E-state index contributed by atoms with van der Waals surface area (Å²) in [5, 5.41) is 5.22. The number of carbonyl (C=O) groups excluding carboxylic acids is 1. The summed E-state index contributed by atoms with van der Waals surface area (Å²) >= 11 is 1.39.